The molecule has 1 unspecified atom stereocenters. The lowest BCUT2D eigenvalue weighted by Gasteiger charge is -2.23. The normalized spacial score (nSPS) is 14.8. The number of nitrogens with zero attached hydrogens (tertiary/aromatic N) is 9. The second-order valence-electron chi connectivity index (χ2n) is 16.5. The minimum atomic E-state index is -0.219. The zero-order valence-electron chi connectivity index (χ0n) is 38.4. The number of aromatic nitrogens is 8. The van der Waals surface area contributed by atoms with Gasteiger partial charge in [0.05, 0.1) is 55.9 Å². The molecule has 0 radical (unpaired) electrons. The van der Waals surface area contributed by atoms with E-state index in [-0.39, 0.29) is 26.1 Å². The zero-order valence-corrected chi connectivity index (χ0v) is 41.7. The largest absolute Gasteiger partial charge is 0.496 e. The standard InChI is InChI=1S/C48H39N9O11S4/c1-58-28-10-36(62-19-26-22-69-43(49-26)25-5-6-35-42(9-25)66-24-65-35)31-14-41(68-38(31)12-28)34-18-57-46(52-34)72-48(54-57)64-21-30-16-55(7-4-8-61-30)44-50-27(23-70-44)20-63-37-11-29(59-2)13-39-32(37)15-40(67-39)33-17-56-45(51-33)71-47(53-56)60-3/h5-6,9-15,17-18,22-23,30H,4,7-8,16,19-21,24H2,1-3H3. The molecule has 13 rings (SSSR count). The van der Waals surface area contributed by atoms with E-state index < -0.39 is 0 Å². The summed E-state index contributed by atoms with van der Waals surface area (Å²) in [7, 11) is 4.80. The summed E-state index contributed by atoms with van der Waals surface area (Å²) in [5.74, 6) is 4.98. The zero-order chi connectivity index (χ0) is 48.3. The Morgan fingerprint density at radius 2 is 1.32 bits per heavy atom. The summed E-state index contributed by atoms with van der Waals surface area (Å²) in [4.78, 5) is 22.9. The molecule has 0 bridgehead atoms. The van der Waals surface area contributed by atoms with Gasteiger partial charge in [0.25, 0.3) is 10.4 Å². The third kappa shape index (κ3) is 8.59. The van der Waals surface area contributed by atoms with Crippen LogP contribution in [0.4, 0.5) is 5.13 Å². The Bertz CT molecular complexity index is 3710. The first-order valence-electron chi connectivity index (χ1n) is 22.4. The van der Waals surface area contributed by atoms with Crippen LogP contribution in [0.25, 0.3) is 65.3 Å². The van der Waals surface area contributed by atoms with E-state index in [0.29, 0.717) is 103 Å². The van der Waals surface area contributed by atoms with Crippen LogP contribution in [-0.2, 0) is 18.0 Å². The summed E-state index contributed by atoms with van der Waals surface area (Å²) >= 11 is 5.79. The molecule has 10 heterocycles. The van der Waals surface area contributed by atoms with Crippen molar-refractivity contribution in [3.8, 4) is 78.4 Å². The summed E-state index contributed by atoms with van der Waals surface area (Å²) in [5, 5.41) is 17.4. The molecule has 0 spiro atoms. The molecule has 20 nitrogen and oxygen atoms in total. The average Bonchev–Trinajstić information content (AvgIpc) is 4.25. The van der Waals surface area contributed by atoms with Crippen LogP contribution in [0.2, 0.25) is 0 Å². The molecule has 3 aromatic carbocycles. The number of furan rings is 2. The second-order valence-corrected chi connectivity index (χ2v) is 20.0. The Morgan fingerprint density at radius 3 is 2.00 bits per heavy atom. The summed E-state index contributed by atoms with van der Waals surface area (Å²) in [6.07, 6.45) is 4.25. The van der Waals surface area contributed by atoms with E-state index in [1.54, 1.807) is 47.9 Å². The topological polar surface area (TPSA) is 199 Å². The van der Waals surface area contributed by atoms with Gasteiger partial charge in [-0.3, -0.25) is 0 Å². The fourth-order valence-corrected chi connectivity index (χ4v) is 11.4. The molecule has 0 saturated carbocycles. The molecule has 0 aliphatic carbocycles. The maximum atomic E-state index is 6.38. The number of thiazole rings is 2. The van der Waals surface area contributed by atoms with Gasteiger partial charge in [-0.05, 0) is 59.4 Å². The Hall–Kier alpha value is -7.64. The molecular weight excluding hydrogens is 1010 g/mol. The average molecular weight is 1050 g/mol. The number of fused-ring (bicyclic) bond motifs is 5. The summed E-state index contributed by atoms with van der Waals surface area (Å²) in [6.45, 7) is 3.00. The summed E-state index contributed by atoms with van der Waals surface area (Å²) in [5.41, 5.74) is 4.99. The highest BCUT2D eigenvalue weighted by Gasteiger charge is 2.25. The quantitative estimate of drug-likeness (QED) is 0.0885. The van der Waals surface area contributed by atoms with Gasteiger partial charge in [-0.2, -0.15) is 0 Å². The van der Waals surface area contributed by atoms with Crippen LogP contribution in [0.3, 0.4) is 0 Å². The first-order chi connectivity index (χ1) is 35.4. The number of methoxy groups -OCH3 is 3. The fraction of sp³-hybridized carbons (Fsp3) is 0.250. The number of ether oxygens (including phenoxy) is 9. The van der Waals surface area contributed by atoms with Crippen molar-refractivity contribution in [1.29, 1.82) is 0 Å². The van der Waals surface area contributed by atoms with Crippen LogP contribution in [0.5, 0.6) is 44.9 Å². The number of imidazole rings is 2. The van der Waals surface area contributed by atoms with E-state index in [4.69, 9.17) is 66.4 Å². The van der Waals surface area contributed by atoms with Gasteiger partial charge in [0.1, 0.15) is 76.5 Å². The van der Waals surface area contributed by atoms with Crippen molar-refractivity contribution in [2.45, 2.75) is 25.7 Å². The van der Waals surface area contributed by atoms with E-state index in [0.717, 1.165) is 56.6 Å². The fourth-order valence-electron chi connectivity index (χ4n) is 8.32. The summed E-state index contributed by atoms with van der Waals surface area (Å²) in [6, 6.07) is 17.0. The Balaban J connectivity index is 0.643. The van der Waals surface area contributed by atoms with Crippen LogP contribution in [-0.4, -0.2) is 99.7 Å². The maximum absolute atomic E-state index is 6.38. The monoisotopic (exact) mass is 1050 g/mol. The minimum Gasteiger partial charge on any atom is -0.496 e. The number of hydrogen-bond donors (Lipinski definition) is 0. The van der Waals surface area contributed by atoms with Gasteiger partial charge in [0.15, 0.2) is 28.2 Å². The molecule has 366 valence electrons. The van der Waals surface area contributed by atoms with Crippen LogP contribution in [0.15, 0.2) is 86.6 Å². The van der Waals surface area contributed by atoms with Crippen LogP contribution >= 0.6 is 45.3 Å². The van der Waals surface area contributed by atoms with Gasteiger partial charge < -0.3 is 56.4 Å². The van der Waals surface area contributed by atoms with Crippen molar-refractivity contribution in [2.24, 2.45) is 0 Å². The molecule has 72 heavy (non-hydrogen) atoms. The van der Waals surface area contributed by atoms with Crippen molar-refractivity contribution in [3.63, 3.8) is 0 Å². The van der Waals surface area contributed by atoms with Crippen LogP contribution in [0.1, 0.15) is 17.8 Å². The van der Waals surface area contributed by atoms with Gasteiger partial charge in [-0.1, -0.05) is 0 Å². The first kappa shape index (κ1) is 44.3. The number of benzene rings is 3. The molecule has 0 amide bonds. The molecule has 0 N–H and O–H groups in total. The molecule has 2 aliphatic heterocycles. The predicted octanol–water partition coefficient (Wildman–Crippen LogP) is 9.89. The first-order valence-corrected chi connectivity index (χ1v) is 25.8. The Labute approximate surface area is 423 Å². The van der Waals surface area contributed by atoms with Crippen molar-refractivity contribution in [1.82, 2.24) is 39.2 Å². The lowest BCUT2D eigenvalue weighted by molar-refractivity contribution is 0.0338. The van der Waals surface area contributed by atoms with Crippen molar-refractivity contribution < 1.29 is 51.5 Å². The molecule has 1 fully saturated rings. The van der Waals surface area contributed by atoms with E-state index in [2.05, 4.69) is 20.1 Å². The molecule has 11 aromatic rings. The van der Waals surface area contributed by atoms with Crippen molar-refractivity contribution in [2.75, 3.05) is 59.3 Å². The third-order valence-electron chi connectivity index (χ3n) is 11.8. The summed E-state index contributed by atoms with van der Waals surface area (Å²) < 4.78 is 68.5. The smallest absolute Gasteiger partial charge is 0.294 e. The Morgan fingerprint density at radius 1 is 0.667 bits per heavy atom. The SMILES string of the molecule is COc1cc(OCc2csc(N3CCCOC(COc4nn5cc(-c6cc7c(OCc8csc(-c9ccc%10c(c9)OCO%10)n8)cc(OC)cc7o6)nc5s4)C3)n2)c2cc(-c3cn4nc(OC)sc4n3)oc2c1. The second kappa shape index (κ2) is 18.5. The molecule has 1 atom stereocenters. The van der Waals surface area contributed by atoms with E-state index in [1.165, 1.54) is 34.0 Å². The van der Waals surface area contributed by atoms with Crippen molar-refractivity contribution >= 4 is 82.3 Å². The third-order valence-corrected chi connectivity index (χ3v) is 15.4. The lowest BCUT2D eigenvalue weighted by atomic mass is 10.2. The number of anilines is 1. The van der Waals surface area contributed by atoms with Gasteiger partial charge in [0, 0.05) is 60.3 Å². The van der Waals surface area contributed by atoms with Gasteiger partial charge in [-0.15, -0.1) is 32.9 Å². The minimum absolute atomic E-state index is 0.219. The lowest BCUT2D eigenvalue weighted by Crippen LogP contribution is -2.35. The molecular formula is C48H39N9O11S4. The van der Waals surface area contributed by atoms with Gasteiger partial charge >= 0.3 is 0 Å². The number of hydrogen-bond acceptors (Lipinski definition) is 22. The number of rotatable bonds is 16. The highest BCUT2D eigenvalue weighted by atomic mass is 32.1. The van der Waals surface area contributed by atoms with Crippen LogP contribution in [0, 0.1) is 0 Å². The van der Waals surface area contributed by atoms with Crippen LogP contribution < -0.4 is 42.8 Å². The van der Waals surface area contributed by atoms with Crippen molar-refractivity contribution in [3.05, 3.63) is 89.1 Å². The van der Waals surface area contributed by atoms with Gasteiger partial charge in [0.2, 0.25) is 16.7 Å². The molecule has 2 aliphatic rings. The Kier molecular flexibility index (Phi) is 11.4. The van der Waals surface area contributed by atoms with E-state index in [1.807, 2.05) is 71.6 Å². The highest BCUT2D eigenvalue weighted by molar-refractivity contribution is 7.18. The molecule has 8 aromatic heterocycles. The van der Waals surface area contributed by atoms with E-state index in [9.17, 15) is 0 Å². The maximum Gasteiger partial charge on any atom is 0.294 e. The predicted molar refractivity (Wildman–Crippen MR) is 268 cm³/mol. The van der Waals surface area contributed by atoms with E-state index >= 15 is 0 Å². The molecule has 24 heteroatoms. The molecule has 1 saturated heterocycles. The highest BCUT2D eigenvalue weighted by Crippen LogP contribution is 2.41. The van der Waals surface area contributed by atoms with Gasteiger partial charge in [-0.25, -0.2) is 29.0 Å².